The van der Waals surface area contributed by atoms with Crippen LogP contribution < -0.4 is 5.32 Å². The number of nitrogens with zero attached hydrogens (tertiary/aromatic N) is 1. The molecule has 2 aromatic rings. The smallest absolute Gasteiger partial charge is 0.209 e. The molecule has 80 valence electrons. The zero-order valence-electron chi connectivity index (χ0n) is 8.44. The first-order valence-corrected chi connectivity index (χ1v) is 5.06. The van der Waals surface area contributed by atoms with Crippen LogP contribution >= 0.6 is 0 Å². The summed E-state index contributed by atoms with van der Waals surface area (Å²) < 4.78 is 5.51. The lowest BCUT2D eigenvalue weighted by atomic mass is 10.3. The minimum absolute atomic E-state index is 0.209. The van der Waals surface area contributed by atoms with Crippen molar-refractivity contribution in [2.75, 3.05) is 13.2 Å². The largest absolute Gasteiger partial charge is 0.439 e. The second kappa shape index (κ2) is 4.91. The number of hydrogen-bond donors (Lipinski definition) is 2. The maximum absolute atomic E-state index is 8.60. The number of rotatable bonds is 5. The van der Waals surface area contributed by atoms with Crippen LogP contribution in [-0.4, -0.2) is 23.2 Å². The molecule has 0 spiro atoms. The van der Waals surface area contributed by atoms with Crippen molar-refractivity contribution < 1.29 is 9.52 Å². The molecule has 0 radical (unpaired) electrons. The summed E-state index contributed by atoms with van der Waals surface area (Å²) in [7, 11) is 0. The molecular formula is C11H14N2O2. The van der Waals surface area contributed by atoms with Crippen LogP contribution in [0.5, 0.6) is 0 Å². The van der Waals surface area contributed by atoms with Gasteiger partial charge in [-0.1, -0.05) is 12.1 Å². The first kappa shape index (κ1) is 10.1. The molecule has 0 fully saturated rings. The molecule has 0 saturated carbocycles. The van der Waals surface area contributed by atoms with Gasteiger partial charge in [-0.3, -0.25) is 0 Å². The van der Waals surface area contributed by atoms with Crippen LogP contribution in [0.15, 0.2) is 28.7 Å². The van der Waals surface area contributed by atoms with Crippen LogP contribution in [0, 0.1) is 0 Å². The minimum Gasteiger partial charge on any atom is -0.439 e. The van der Waals surface area contributed by atoms with E-state index in [1.807, 2.05) is 24.3 Å². The number of fused-ring (bicyclic) bond motifs is 1. The second-order valence-corrected chi connectivity index (χ2v) is 3.33. The van der Waals surface area contributed by atoms with Crippen LogP contribution in [-0.2, 0) is 6.54 Å². The highest BCUT2D eigenvalue weighted by Gasteiger charge is 2.03. The molecule has 1 aromatic heterocycles. The average Bonchev–Trinajstić information content (AvgIpc) is 2.67. The molecule has 1 heterocycles. The molecule has 2 N–H and O–H groups in total. The summed E-state index contributed by atoms with van der Waals surface area (Å²) in [5.41, 5.74) is 1.70. The summed E-state index contributed by atoms with van der Waals surface area (Å²) in [6.07, 6.45) is 0.750. The van der Waals surface area contributed by atoms with Crippen molar-refractivity contribution in [3.8, 4) is 0 Å². The first-order chi connectivity index (χ1) is 7.40. The Morgan fingerprint density at radius 2 is 2.20 bits per heavy atom. The van der Waals surface area contributed by atoms with Gasteiger partial charge in [-0.25, -0.2) is 4.98 Å². The Morgan fingerprint density at radius 3 is 3.00 bits per heavy atom. The fourth-order valence-electron chi connectivity index (χ4n) is 1.39. The molecule has 4 heteroatoms. The van der Waals surface area contributed by atoms with Gasteiger partial charge in [0, 0.05) is 6.61 Å². The van der Waals surface area contributed by atoms with Crippen molar-refractivity contribution in [1.29, 1.82) is 0 Å². The maximum Gasteiger partial charge on any atom is 0.209 e. The molecule has 0 saturated heterocycles. The Balaban J connectivity index is 1.97. The molecule has 0 aliphatic rings. The number of nitrogens with one attached hydrogen (secondary N) is 1. The normalized spacial score (nSPS) is 11.0. The predicted octanol–water partition coefficient (Wildman–Crippen LogP) is 1.30. The molecular weight excluding hydrogens is 192 g/mol. The van der Waals surface area contributed by atoms with E-state index in [0.717, 1.165) is 24.1 Å². The molecule has 0 bridgehead atoms. The summed E-state index contributed by atoms with van der Waals surface area (Å²) in [6, 6.07) is 7.69. The number of benzene rings is 1. The van der Waals surface area contributed by atoms with E-state index in [1.54, 1.807) is 0 Å². The zero-order chi connectivity index (χ0) is 10.5. The fraction of sp³-hybridized carbons (Fsp3) is 0.364. The van der Waals surface area contributed by atoms with Gasteiger partial charge in [0.15, 0.2) is 5.58 Å². The van der Waals surface area contributed by atoms with Crippen molar-refractivity contribution in [2.45, 2.75) is 13.0 Å². The average molecular weight is 206 g/mol. The minimum atomic E-state index is 0.209. The second-order valence-electron chi connectivity index (χ2n) is 3.33. The third-order valence-corrected chi connectivity index (χ3v) is 2.13. The Labute approximate surface area is 87.9 Å². The number of hydrogen-bond acceptors (Lipinski definition) is 4. The topological polar surface area (TPSA) is 58.3 Å². The summed E-state index contributed by atoms with van der Waals surface area (Å²) in [5, 5.41) is 11.7. The van der Waals surface area contributed by atoms with Crippen LogP contribution in [0.3, 0.4) is 0 Å². The van der Waals surface area contributed by atoms with Gasteiger partial charge in [-0.15, -0.1) is 0 Å². The van der Waals surface area contributed by atoms with Gasteiger partial charge in [-0.2, -0.15) is 0 Å². The molecule has 1 aromatic carbocycles. The summed E-state index contributed by atoms with van der Waals surface area (Å²) in [5.74, 6) is 0.689. The number of aromatic nitrogens is 1. The quantitative estimate of drug-likeness (QED) is 0.724. The highest BCUT2D eigenvalue weighted by molar-refractivity contribution is 5.72. The van der Waals surface area contributed by atoms with Gasteiger partial charge in [0.1, 0.15) is 5.52 Å². The molecule has 15 heavy (non-hydrogen) atoms. The lowest BCUT2D eigenvalue weighted by molar-refractivity contribution is 0.285. The van der Waals surface area contributed by atoms with Crippen LogP contribution in [0.25, 0.3) is 11.1 Å². The summed E-state index contributed by atoms with van der Waals surface area (Å²) in [4.78, 5) is 4.32. The van der Waals surface area contributed by atoms with Gasteiger partial charge in [0.2, 0.25) is 5.89 Å². The fourth-order valence-corrected chi connectivity index (χ4v) is 1.39. The summed E-state index contributed by atoms with van der Waals surface area (Å²) >= 11 is 0. The Bertz CT molecular complexity index is 392. The highest BCUT2D eigenvalue weighted by atomic mass is 16.3. The van der Waals surface area contributed by atoms with Crippen LogP contribution in [0.1, 0.15) is 12.3 Å². The first-order valence-electron chi connectivity index (χ1n) is 5.06. The monoisotopic (exact) mass is 206 g/mol. The highest BCUT2D eigenvalue weighted by Crippen LogP contribution is 2.14. The van der Waals surface area contributed by atoms with Gasteiger partial charge in [0.05, 0.1) is 6.54 Å². The van der Waals surface area contributed by atoms with E-state index in [4.69, 9.17) is 9.52 Å². The van der Waals surface area contributed by atoms with Crippen molar-refractivity contribution in [3.05, 3.63) is 30.2 Å². The van der Waals surface area contributed by atoms with E-state index < -0.39 is 0 Å². The van der Waals surface area contributed by atoms with E-state index in [2.05, 4.69) is 10.3 Å². The van der Waals surface area contributed by atoms with E-state index in [1.165, 1.54) is 0 Å². The van der Waals surface area contributed by atoms with Crippen molar-refractivity contribution in [2.24, 2.45) is 0 Å². The van der Waals surface area contributed by atoms with Crippen molar-refractivity contribution in [3.63, 3.8) is 0 Å². The lowest BCUT2D eigenvalue weighted by Crippen LogP contribution is -2.15. The molecule has 4 nitrogen and oxygen atoms in total. The SMILES string of the molecule is OCCCNCc1nc2ccccc2o1. The Morgan fingerprint density at radius 1 is 1.33 bits per heavy atom. The number of aliphatic hydroxyl groups is 1. The van der Waals surface area contributed by atoms with Crippen LogP contribution in [0.4, 0.5) is 0 Å². The van der Waals surface area contributed by atoms with E-state index in [-0.39, 0.29) is 6.61 Å². The lowest BCUT2D eigenvalue weighted by Gasteiger charge is -1.98. The van der Waals surface area contributed by atoms with Crippen LogP contribution in [0.2, 0.25) is 0 Å². The Hall–Kier alpha value is -1.39. The molecule has 0 aliphatic heterocycles. The van der Waals surface area contributed by atoms with E-state index >= 15 is 0 Å². The van der Waals surface area contributed by atoms with Gasteiger partial charge >= 0.3 is 0 Å². The molecule has 0 amide bonds. The van der Waals surface area contributed by atoms with E-state index in [9.17, 15) is 0 Å². The molecule has 0 unspecified atom stereocenters. The number of aliphatic hydroxyl groups excluding tert-OH is 1. The predicted molar refractivity (Wildman–Crippen MR) is 57.4 cm³/mol. The zero-order valence-corrected chi connectivity index (χ0v) is 8.44. The third kappa shape index (κ3) is 2.55. The standard InChI is InChI=1S/C11H14N2O2/c14-7-3-6-12-8-11-13-9-4-1-2-5-10(9)15-11/h1-2,4-5,12,14H,3,6-8H2. The molecule has 0 aliphatic carbocycles. The number of para-hydroxylation sites is 2. The van der Waals surface area contributed by atoms with Gasteiger partial charge in [0.25, 0.3) is 0 Å². The van der Waals surface area contributed by atoms with Crippen molar-refractivity contribution >= 4 is 11.1 Å². The van der Waals surface area contributed by atoms with Gasteiger partial charge < -0.3 is 14.8 Å². The third-order valence-electron chi connectivity index (χ3n) is 2.13. The molecule has 2 rings (SSSR count). The van der Waals surface area contributed by atoms with E-state index in [0.29, 0.717) is 12.4 Å². The van der Waals surface area contributed by atoms with Crippen molar-refractivity contribution in [1.82, 2.24) is 10.3 Å². The Kier molecular flexibility index (Phi) is 3.32. The van der Waals surface area contributed by atoms with Gasteiger partial charge in [-0.05, 0) is 25.1 Å². The number of oxazole rings is 1. The summed E-state index contributed by atoms with van der Waals surface area (Å²) in [6.45, 7) is 1.59. The maximum atomic E-state index is 8.60. The molecule has 0 atom stereocenters.